The van der Waals surface area contributed by atoms with E-state index in [1.165, 1.54) is 7.11 Å². The van der Waals surface area contributed by atoms with Gasteiger partial charge in [0.1, 0.15) is 11.8 Å². The molecule has 1 amide bonds. The number of nitrogens with one attached hydrogen (secondary N) is 1. The highest BCUT2D eigenvalue weighted by Crippen LogP contribution is 2.26. The Bertz CT molecular complexity index is 902. The second-order valence-electron chi connectivity index (χ2n) is 6.58. The number of amides is 1. The first-order chi connectivity index (χ1) is 13.2. The van der Waals surface area contributed by atoms with E-state index in [0.717, 1.165) is 40.2 Å². The minimum atomic E-state index is -3.67. The Morgan fingerprint density at radius 3 is 2.04 bits per heavy atom. The van der Waals surface area contributed by atoms with Gasteiger partial charge in [0.2, 0.25) is 15.9 Å². The number of hydrogen-bond donors (Lipinski definition) is 1. The van der Waals surface area contributed by atoms with Gasteiger partial charge in [0.25, 0.3) is 0 Å². The van der Waals surface area contributed by atoms with Crippen molar-refractivity contribution in [1.29, 1.82) is 0 Å². The highest BCUT2D eigenvalue weighted by atomic mass is 32.2. The third-order valence-corrected chi connectivity index (χ3v) is 5.90. The third-order valence-electron chi connectivity index (χ3n) is 4.66. The molecule has 0 heterocycles. The number of hydrogen-bond acceptors (Lipinski definition) is 4. The number of benzene rings is 2. The Labute approximate surface area is 167 Å². The fourth-order valence-corrected chi connectivity index (χ4v) is 4.34. The van der Waals surface area contributed by atoms with Gasteiger partial charge >= 0.3 is 0 Å². The molecular formula is C21H28N2O4S. The van der Waals surface area contributed by atoms with E-state index in [-0.39, 0.29) is 5.91 Å². The summed E-state index contributed by atoms with van der Waals surface area (Å²) in [6.45, 7) is 5.63. The first-order valence-corrected chi connectivity index (χ1v) is 11.1. The molecule has 0 unspecified atom stereocenters. The largest absolute Gasteiger partial charge is 0.497 e. The summed E-state index contributed by atoms with van der Waals surface area (Å²) in [6, 6.07) is 11.6. The van der Waals surface area contributed by atoms with Crippen LogP contribution in [0.25, 0.3) is 0 Å². The lowest BCUT2D eigenvalue weighted by Crippen LogP contribution is -2.45. The van der Waals surface area contributed by atoms with Crippen molar-refractivity contribution in [3.8, 4) is 5.75 Å². The summed E-state index contributed by atoms with van der Waals surface area (Å²) >= 11 is 0. The van der Waals surface area contributed by atoms with E-state index in [9.17, 15) is 13.2 Å². The Kier molecular flexibility index (Phi) is 7.07. The molecule has 0 aliphatic carbocycles. The van der Waals surface area contributed by atoms with Crippen molar-refractivity contribution in [2.75, 3.05) is 23.0 Å². The molecule has 1 atom stereocenters. The molecule has 0 aliphatic rings. The van der Waals surface area contributed by atoms with Crippen molar-refractivity contribution in [1.82, 2.24) is 0 Å². The summed E-state index contributed by atoms with van der Waals surface area (Å²) in [4.78, 5) is 13.0. The van der Waals surface area contributed by atoms with Crippen LogP contribution in [-0.4, -0.2) is 33.7 Å². The predicted molar refractivity (Wildman–Crippen MR) is 114 cm³/mol. The van der Waals surface area contributed by atoms with Gasteiger partial charge in [-0.25, -0.2) is 8.42 Å². The maximum absolute atomic E-state index is 13.0. The Morgan fingerprint density at radius 1 is 1.07 bits per heavy atom. The van der Waals surface area contributed by atoms with Crippen LogP contribution >= 0.6 is 0 Å². The molecule has 152 valence electrons. The summed E-state index contributed by atoms with van der Waals surface area (Å²) in [5.74, 6) is 0.232. The number of nitrogens with zero attached hydrogens (tertiary/aromatic N) is 1. The molecule has 1 N–H and O–H groups in total. The van der Waals surface area contributed by atoms with Crippen molar-refractivity contribution < 1.29 is 17.9 Å². The molecule has 6 nitrogen and oxygen atoms in total. The van der Waals surface area contributed by atoms with Crippen molar-refractivity contribution in [3.05, 3.63) is 53.6 Å². The standard InChI is InChI=1S/C21H28N2O4S/c1-6-16-9-8-10-17(7-2)20(16)22-21(24)15(3)23(28(5,25)26)18-11-13-19(27-4)14-12-18/h8-15H,6-7H2,1-5H3,(H,22,24)/t15-/m0/s1. The van der Waals surface area contributed by atoms with Crippen molar-refractivity contribution in [3.63, 3.8) is 0 Å². The van der Waals surface area contributed by atoms with Gasteiger partial charge in [-0.2, -0.15) is 0 Å². The molecule has 0 aromatic heterocycles. The average molecular weight is 405 g/mol. The lowest BCUT2D eigenvalue weighted by atomic mass is 10.0. The molecule has 2 rings (SSSR count). The maximum Gasteiger partial charge on any atom is 0.248 e. The van der Waals surface area contributed by atoms with Gasteiger partial charge in [-0.3, -0.25) is 9.10 Å². The lowest BCUT2D eigenvalue weighted by molar-refractivity contribution is -0.116. The molecule has 7 heteroatoms. The molecular weight excluding hydrogens is 376 g/mol. The normalized spacial score (nSPS) is 12.3. The monoisotopic (exact) mass is 404 g/mol. The lowest BCUT2D eigenvalue weighted by Gasteiger charge is -2.29. The molecule has 0 saturated carbocycles. The molecule has 0 saturated heterocycles. The van der Waals surface area contributed by atoms with Gasteiger partial charge in [0.05, 0.1) is 19.1 Å². The first-order valence-electron chi connectivity index (χ1n) is 9.28. The summed E-state index contributed by atoms with van der Waals surface area (Å²) in [7, 11) is -2.14. The average Bonchev–Trinajstić information content (AvgIpc) is 2.67. The van der Waals surface area contributed by atoms with Crippen LogP contribution in [0.1, 0.15) is 31.9 Å². The minimum absolute atomic E-state index is 0.378. The molecule has 2 aromatic carbocycles. The molecule has 0 radical (unpaired) electrons. The molecule has 2 aromatic rings. The number of rotatable bonds is 8. The van der Waals surface area contributed by atoms with E-state index in [4.69, 9.17) is 4.74 Å². The first kappa shape index (κ1) is 21.8. The van der Waals surface area contributed by atoms with E-state index < -0.39 is 16.1 Å². The summed E-state index contributed by atoms with van der Waals surface area (Å²) in [5, 5.41) is 2.96. The summed E-state index contributed by atoms with van der Waals surface area (Å²) < 4.78 is 31.1. The third kappa shape index (κ3) is 4.84. The quantitative estimate of drug-likeness (QED) is 0.729. The van der Waals surface area contributed by atoms with Crippen LogP contribution in [0, 0.1) is 0 Å². The predicted octanol–water partition coefficient (Wildman–Crippen LogP) is 3.61. The van der Waals surface area contributed by atoms with E-state index in [0.29, 0.717) is 11.4 Å². The SMILES string of the molecule is CCc1cccc(CC)c1NC(=O)[C@H](C)N(c1ccc(OC)cc1)S(C)(=O)=O. The highest BCUT2D eigenvalue weighted by Gasteiger charge is 2.29. The van der Waals surface area contributed by atoms with Crippen LogP contribution < -0.4 is 14.4 Å². The zero-order valence-electron chi connectivity index (χ0n) is 17.0. The van der Waals surface area contributed by atoms with Gasteiger partial charge in [-0.1, -0.05) is 32.0 Å². The zero-order valence-corrected chi connectivity index (χ0v) is 17.8. The van der Waals surface area contributed by atoms with Gasteiger partial charge in [0.15, 0.2) is 0 Å². The summed E-state index contributed by atoms with van der Waals surface area (Å²) in [5.41, 5.74) is 3.23. The Hall–Kier alpha value is -2.54. The van der Waals surface area contributed by atoms with Crippen LogP contribution in [0.2, 0.25) is 0 Å². The van der Waals surface area contributed by atoms with Gasteiger partial charge < -0.3 is 10.1 Å². The van der Waals surface area contributed by atoms with E-state index in [2.05, 4.69) is 5.32 Å². The van der Waals surface area contributed by atoms with E-state index >= 15 is 0 Å². The second kappa shape index (κ2) is 9.10. The number of carbonyl (C=O) groups excluding carboxylic acids is 1. The van der Waals surface area contributed by atoms with E-state index in [1.54, 1.807) is 31.2 Å². The van der Waals surface area contributed by atoms with Crippen LogP contribution in [0.5, 0.6) is 5.75 Å². The number of para-hydroxylation sites is 1. The number of sulfonamides is 1. The zero-order chi connectivity index (χ0) is 20.9. The number of carbonyl (C=O) groups is 1. The number of methoxy groups -OCH3 is 1. The second-order valence-corrected chi connectivity index (χ2v) is 8.44. The van der Waals surface area contributed by atoms with E-state index in [1.807, 2.05) is 32.0 Å². The van der Waals surface area contributed by atoms with Crippen LogP contribution in [0.15, 0.2) is 42.5 Å². The van der Waals surface area contributed by atoms with Crippen LogP contribution in [0.3, 0.4) is 0 Å². The van der Waals surface area contributed by atoms with Gasteiger partial charge in [-0.05, 0) is 55.2 Å². The number of anilines is 2. The van der Waals surface area contributed by atoms with Gasteiger partial charge in [0, 0.05) is 5.69 Å². The summed E-state index contributed by atoms with van der Waals surface area (Å²) in [6.07, 6.45) is 2.64. The Morgan fingerprint density at radius 2 is 1.61 bits per heavy atom. The Balaban J connectivity index is 2.37. The van der Waals surface area contributed by atoms with Crippen LogP contribution in [-0.2, 0) is 27.7 Å². The highest BCUT2D eigenvalue weighted by molar-refractivity contribution is 7.92. The van der Waals surface area contributed by atoms with Gasteiger partial charge in [-0.15, -0.1) is 0 Å². The fraction of sp³-hybridized carbons (Fsp3) is 0.381. The van der Waals surface area contributed by atoms with Crippen LogP contribution in [0.4, 0.5) is 11.4 Å². The molecule has 0 spiro atoms. The van der Waals surface area contributed by atoms with Crippen molar-refractivity contribution in [2.45, 2.75) is 39.7 Å². The minimum Gasteiger partial charge on any atom is -0.497 e. The smallest absolute Gasteiger partial charge is 0.248 e. The molecule has 0 aliphatic heterocycles. The van der Waals surface area contributed by atoms with Crippen molar-refractivity contribution in [2.24, 2.45) is 0 Å². The number of ether oxygens (including phenoxy) is 1. The van der Waals surface area contributed by atoms with Crippen molar-refractivity contribution >= 4 is 27.3 Å². The molecule has 28 heavy (non-hydrogen) atoms. The topological polar surface area (TPSA) is 75.7 Å². The number of aryl methyl sites for hydroxylation is 2. The fourth-order valence-electron chi connectivity index (χ4n) is 3.17. The molecule has 0 fully saturated rings. The molecule has 0 bridgehead atoms. The maximum atomic E-state index is 13.0.